The van der Waals surface area contributed by atoms with E-state index < -0.39 is 63.1 Å². The minimum atomic E-state index is -1.17. The van der Waals surface area contributed by atoms with Crippen molar-refractivity contribution in [3.63, 3.8) is 0 Å². The molecular weight excluding hydrogens is 918 g/mol. The average Bonchev–Trinajstić information content (AvgIpc) is 3.31. The Kier molecular flexibility index (Phi) is 17.1. The standard InChI is InChI=1S/C57H48F3O9S/c1-55(2,31-28-40-10-7-13-43(58)34-40)67-52(61)37-64-46-16-22-49(23-17-46)70(50-24-18-47(19-25-50)65-38-53(62)68-56(3,4)32-29-41-11-8-14-44(59)35-41)51-26-20-48(21-27-51)66-39-54(63)69-57(5,6)33-30-42-12-9-15-45(60)36-42/h7-27,34-36H,37-39H2,1-6H3/q+1. The molecule has 0 aliphatic rings. The maximum Gasteiger partial charge on any atom is 0.345 e. The first-order valence-electron chi connectivity index (χ1n) is 21.7. The number of benzene rings is 6. The van der Waals surface area contributed by atoms with Crippen LogP contribution in [0.1, 0.15) is 58.2 Å². The molecule has 0 fully saturated rings. The third-order valence-electron chi connectivity index (χ3n) is 9.35. The van der Waals surface area contributed by atoms with Crippen LogP contribution in [-0.4, -0.2) is 54.5 Å². The molecule has 0 spiro atoms. The van der Waals surface area contributed by atoms with E-state index in [0.717, 1.165) is 14.7 Å². The number of carbonyl (C=O) groups excluding carboxylic acids is 3. The maximum atomic E-state index is 13.6. The molecule has 0 bridgehead atoms. The number of hydrogen-bond acceptors (Lipinski definition) is 9. The number of halogens is 3. The molecule has 356 valence electrons. The fourth-order valence-corrected chi connectivity index (χ4v) is 8.28. The van der Waals surface area contributed by atoms with E-state index in [9.17, 15) is 27.6 Å². The molecule has 0 atom stereocenters. The van der Waals surface area contributed by atoms with Crippen LogP contribution in [0.25, 0.3) is 0 Å². The molecule has 0 aliphatic heterocycles. The normalized spacial score (nSPS) is 11.1. The Labute approximate surface area is 408 Å². The van der Waals surface area contributed by atoms with Gasteiger partial charge >= 0.3 is 17.9 Å². The molecule has 0 unspecified atom stereocenters. The van der Waals surface area contributed by atoms with Crippen LogP contribution >= 0.6 is 0 Å². The molecule has 6 rings (SSSR count). The molecule has 9 nitrogen and oxygen atoms in total. The summed E-state index contributed by atoms with van der Waals surface area (Å²) in [5.74, 6) is 15.0. The first-order chi connectivity index (χ1) is 33.3. The fraction of sp³-hybridized carbons (Fsp3) is 0.211. The van der Waals surface area contributed by atoms with Crippen LogP contribution in [0.15, 0.2) is 160 Å². The summed E-state index contributed by atoms with van der Waals surface area (Å²) in [6, 6.07) is 39.0. The second-order valence-corrected chi connectivity index (χ2v) is 18.8. The minimum Gasteiger partial charge on any atom is -0.482 e. The molecule has 70 heavy (non-hydrogen) atoms. The summed E-state index contributed by atoms with van der Waals surface area (Å²) in [5.41, 5.74) is -2.17. The summed E-state index contributed by atoms with van der Waals surface area (Å²) in [5, 5.41) is 0. The molecule has 6 aromatic rings. The molecule has 13 heteroatoms. The summed E-state index contributed by atoms with van der Waals surface area (Å²) in [6.07, 6.45) is 0. The Hall–Kier alpha value is -8.05. The SMILES string of the molecule is CC(C)(C#Cc1cccc(F)c1)OC(=O)COc1ccc([S+](c2ccc(OCC(=O)OC(C)(C)C#Cc3cccc(F)c3)cc2)c2ccc(OCC(=O)OC(C)(C)C#Cc3cccc(F)c3)cc2)cc1. The number of esters is 3. The van der Waals surface area contributed by atoms with E-state index in [-0.39, 0.29) is 19.8 Å². The van der Waals surface area contributed by atoms with Gasteiger partial charge in [0, 0.05) is 16.7 Å². The van der Waals surface area contributed by atoms with E-state index >= 15 is 0 Å². The lowest BCUT2D eigenvalue weighted by Gasteiger charge is -2.19. The van der Waals surface area contributed by atoms with Gasteiger partial charge in [0.15, 0.2) is 51.3 Å². The van der Waals surface area contributed by atoms with Gasteiger partial charge in [0.25, 0.3) is 0 Å². The molecule has 0 radical (unpaired) electrons. The zero-order valence-corrected chi connectivity index (χ0v) is 40.0. The predicted octanol–water partition coefficient (Wildman–Crippen LogP) is 10.5. The van der Waals surface area contributed by atoms with Gasteiger partial charge in [0.1, 0.15) is 34.7 Å². The lowest BCUT2D eigenvalue weighted by Crippen LogP contribution is -2.29. The quantitative estimate of drug-likeness (QED) is 0.0430. The van der Waals surface area contributed by atoms with Gasteiger partial charge in [-0.25, -0.2) is 27.6 Å². The Morgan fingerprint density at radius 3 is 0.914 bits per heavy atom. The van der Waals surface area contributed by atoms with Crippen molar-refractivity contribution in [3.8, 4) is 52.8 Å². The van der Waals surface area contributed by atoms with Gasteiger partial charge in [0.05, 0.1) is 10.9 Å². The average molecular weight is 966 g/mol. The molecule has 0 amide bonds. The van der Waals surface area contributed by atoms with E-state index in [1.807, 2.05) is 36.4 Å². The molecule has 6 aromatic carbocycles. The highest BCUT2D eigenvalue weighted by atomic mass is 32.2. The van der Waals surface area contributed by atoms with Crippen molar-refractivity contribution in [2.45, 2.75) is 73.0 Å². The van der Waals surface area contributed by atoms with Crippen molar-refractivity contribution < 1.29 is 56.0 Å². The second-order valence-electron chi connectivity index (χ2n) is 16.8. The molecule has 0 saturated heterocycles. The van der Waals surface area contributed by atoms with E-state index in [2.05, 4.69) is 35.5 Å². The molecular formula is C57H48F3O9S+. The van der Waals surface area contributed by atoms with Gasteiger partial charge in [-0.05, 0) is 169 Å². The first kappa shape index (κ1) is 51.3. The Bertz CT molecular complexity index is 2680. The Morgan fingerprint density at radius 2 is 0.671 bits per heavy atom. The fourth-order valence-electron chi connectivity index (χ4n) is 6.24. The lowest BCUT2D eigenvalue weighted by atomic mass is 10.1. The van der Waals surface area contributed by atoms with Crippen molar-refractivity contribution in [1.82, 2.24) is 0 Å². The van der Waals surface area contributed by atoms with E-state index in [1.165, 1.54) is 36.4 Å². The largest absolute Gasteiger partial charge is 0.482 e. The van der Waals surface area contributed by atoms with Gasteiger partial charge in [-0.2, -0.15) is 0 Å². The molecule has 0 aromatic heterocycles. The van der Waals surface area contributed by atoms with Crippen molar-refractivity contribution in [1.29, 1.82) is 0 Å². The highest BCUT2D eigenvalue weighted by molar-refractivity contribution is 7.97. The third kappa shape index (κ3) is 16.6. The molecule has 0 heterocycles. The summed E-state index contributed by atoms with van der Waals surface area (Å²) >= 11 is 0. The summed E-state index contributed by atoms with van der Waals surface area (Å²) in [7, 11) is -0.735. The van der Waals surface area contributed by atoms with Gasteiger partial charge in [-0.1, -0.05) is 53.7 Å². The van der Waals surface area contributed by atoms with Crippen LogP contribution in [0.4, 0.5) is 13.2 Å². The number of rotatable bonds is 15. The van der Waals surface area contributed by atoms with E-state index in [0.29, 0.717) is 33.9 Å². The molecule has 0 saturated carbocycles. The zero-order valence-electron chi connectivity index (χ0n) is 39.2. The lowest BCUT2D eigenvalue weighted by molar-refractivity contribution is -0.155. The maximum absolute atomic E-state index is 13.6. The monoisotopic (exact) mass is 965 g/mol. The number of ether oxygens (including phenoxy) is 6. The van der Waals surface area contributed by atoms with Crippen LogP contribution in [0.3, 0.4) is 0 Å². The smallest absolute Gasteiger partial charge is 0.345 e. The molecule has 0 N–H and O–H groups in total. The third-order valence-corrected chi connectivity index (χ3v) is 11.6. The van der Waals surface area contributed by atoms with E-state index in [1.54, 1.807) is 114 Å². The highest BCUT2D eigenvalue weighted by Crippen LogP contribution is 2.34. The minimum absolute atomic E-state index is 0.389. The number of hydrogen-bond donors (Lipinski definition) is 0. The summed E-state index contributed by atoms with van der Waals surface area (Å²) in [6.45, 7) is 8.59. The van der Waals surface area contributed by atoms with Crippen molar-refractivity contribution >= 4 is 28.8 Å². The summed E-state index contributed by atoms with van der Waals surface area (Å²) < 4.78 is 74.7. The van der Waals surface area contributed by atoms with Crippen LogP contribution in [0.5, 0.6) is 17.2 Å². The predicted molar refractivity (Wildman–Crippen MR) is 258 cm³/mol. The zero-order chi connectivity index (χ0) is 50.3. The highest BCUT2D eigenvalue weighted by Gasteiger charge is 2.30. The first-order valence-corrected chi connectivity index (χ1v) is 23.0. The summed E-state index contributed by atoms with van der Waals surface area (Å²) in [4.78, 5) is 41.0. The van der Waals surface area contributed by atoms with Crippen molar-refractivity contribution in [2.24, 2.45) is 0 Å². The van der Waals surface area contributed by atoms with Crippen LogP contribution < -0.4 is 14.2 Å². The number of carbonyl (C=O) groups is 3. The Balaban J connectivity index is 1.12. The van der Waals surface area contributed by atoms with Crippen molar-refractivity contribution in [3.05, 3.63) is 180 Å². The topological polar surface area (TPSA) is 107 Å². The Morgan fingerprint density at radius 1 is 0.414 bits per heavy atom. The van der Waals surface area contributed by atoms with E-state index in [4.69, 9.17) is 28.4 Å². The van der Waals surface area contributed by atoms with Gasteiger partial charge in [-0.3, -0.25) is 0 Å². The van der Waals surface area contributed by atoms with Crippen LogP contribution in [0, 0.1) is 53.0 Å². The van der Waals surface area contributed by atoms with Gasteiger partial charge in [0.2, 0.25) is 0 Å². The van der Waals surface area contributed by atoms with Crippen molar-refractivity contribution in [2.75, 3.05) is 19.8 Å². The van der Waals surface area contributed by atoms with Crippen LogP contribution in [-0.2, 0) is 39.5 Å². The van der Waals surface area contributed by atoms with Gasteiger partial charge < -0.3 is 28.4 Å². The second kappa shape index (κ2) is 23.3. The molecule has 0 aliphatic carbocycles. The van der Waals surface area contributed by atoms with Crippen LogP contribution in [0.2, 0.25) is 0 Å². The van der Waals surface area contributed by atoms with Gasteiger partial charge in [-0.15, -0.1) is 0 Å².